The van der Waals surface area contributed by atoms with Gasteiger partial charge in [-0.2, -0.15) is 0 Å². The molecule has 1 aromatic rings. The summed E-state index contributed by atoms with van der Waals surface area (Å²) < 4.78 is 12.7. The van der Waals surface area contributed by atoms with E-state index in [0.29, 0.717) is 18.4 Å². The number of aliphatic hydroxyl groups is 2. The van der Waals surface area contributed by atoms with Gasteiger partial charge in [-0.15, -0.1) is 0 Å². The van der Waals surface area contributed by atoms with Crippen LogP contribution in [0.5, 0.6) is 0 Å². The first-order chi connectivity index (χ1) is 6.24. The molecule has 0 aliphatic heterocycles. The average molecular weight is 184 g/mol. The highest BCUT2D eigenvalue weighted by Crippen LogP contribution is 2.18. The van der Waals surface area contributed by atoms with Gasteiger partial charge < -0.3 is 10.2 Å². The fourth-order valence-electron chi connectivity index (χ4n) is 1.17. The van der Waals surface area contributed by atoms with Crippen LogP contribution in [0.3, 0.4) is 0 Å². The molecular weight excluding hydrogens is 171 g/mol. The van der Waals surface area contributed by atoms with Crippen LogP contribution in [0.25, 0.3) is 0 Å². The summed E-state index contributed by atoms with van der Waals surface area (Å²) >= 11 is 0. The Labute approximate surface area is 76.6 Å². The molecule has 0 radical (unpaired) electrons. The van der Waals surface area contributed by atoms with Crippen LogP contribution in [0.2, 0.25) is 0 Å². The minimum atomic E-state index is -0.678. The molecule has 1 atom stereocenters. The molecule has 0 heterocycles. The lowest BCUT2D eigenvalue weighted by Crippen LogP contribution is -1.99. The summed E-state index contributed by atoms with van der Waals surface area (Å²) in [6.07, 6.45) is 0.306. The van der Waals surface area contributed by atoms with Gasteiger partial charge in [-0.3, -0.25) is 0 Å². The summed E-state index contributed by atoms with van der Waals surface area (Å²) in [7, 11) is 0. The van der Waals surface area contributed by atoms with E-state index in [1.165, 1.54) is 12.1 Å². The van der Waals surface area contributed by atoms with Gasteiger partial charge in [0, 0.05) is 6.61 Å². The number of hydrogen-bond acceptors (Lipinski definition) is 2. The van der Waals surface area contributed by atoms with E-state index in [0.717, 1.165) is 0 Å². The summed E-state index contributed by atoms with van der Waals surface area (Å²) in [5.74, 6) is -0.347. The first kappa shape index (κ1) is 10.2. The summed E-state index contributed by atoms with van der Waals surface area (Å²) in [6, 6.07) is 5.88. The Bertz CT molecular complexity index is 263. The summed E-state index contributed by atoms with van der Waals surface area (Å²) in [6.45, 7) is 0.0480. The van der Waals surface area contributed by atoms with Crippen molar-refractivity contribution < 1.29 is 14.6 Å². The molecule has 3 heteroatoms. The highest BCUT2D eigenvalue weighted by Gasteiger charge is 2.06. The van der Waals surface area contributed by atoms with Crippen LogP contribution in [0.1, 0.15) is 24.5 Å². The first-order valence-corrected chi connectivity index (χ1v) is 4.28. The second kappa shape index (κ2) is 4.94. The van der Waals surface area contributed by atoms with E-state index in [1.54, 1.807) is 12.1 Å². The van der Waals surface area contributed by atoms with Gasteiger partial charge in [0.25, 0.3) is 0 Å². The lowest BCUT2D eigenvalue weighted by molar-refractivity contribution is 0.151. The molecular formula is C10H13FO2. The van der Waals surface area contributed by atoms with Crippen molar-refractivity contribution in [3.8, 4) is 0 Å². The van der Waals surface area contributed by atoms with Crippen molar-refractivity contribution in [1.29, 1.82) is 0 Å². The number of hydrogen-bond donors (Lipinski definition) is 2. The summed E-state index contributed by atoms with van der Waals surface area (Å²) in [4.78, 5) is 0. The molecule has 1 aromatic carbocycles. The molecule has 0 amide bonds. The van der Waals surface area contributed by atoms with Gasteiger partial charge in [-0.25, -0.2) is 4.39 Å². The maximum Gasteiger partial charge on any atom is 0.123 e. The third-order valence-electron chi connectivity index (χ3n) is 1.87. The molecule has 1 rings (SSSR count). The zero-order chi connectivity index (χ0) is 9.68. The minimum Gasteiger partial charge on any atom is -0.396 e. The van der Waals surface area contributed by atoms with Crippen LogP contribution in [0.15, 0.2) is 24.3 Å². The van der Waals surface area contributed by atoms with Crippen LogP contribution in [0, 0.1) is 5.82 Å². The quantitative estimate of drug-likeness (QED) is 0.746. The topological polar surface area (TPSA) is 40.5 Å². The Morgan fingerprint density at radius 1 is 1.38 bits per heavy atom. The van der Waals surface area contributed by atoms with E-state index in [1.807, 2.05) is 0 Å². The smallest absolute Gasteiger partial charge is 0.123 e. The molecule has 0 saturated carbocycles. The zero-order valence-corrected chi connectivity index (χ0v) is 7.28. The maximum absolute atomic E-state index is 12.7. The van der Waals surface area contributed by atoms with Gasteiger partial charge >= 0.3 is 0 Å². The second-order valence-electron chi connectivity index (χ2n) is 2.94. The van der Waals surface area contributed by atoms with Crippen molar-refractivity contribution in [3.63, 3.8) is 0 Å². The molecule has 0 aliphatic rings. The number of benzene rings is 1. The van der Waals surface area contributed by atoms with Gasteiger partial charge in [-0.1, -0.05) is 12.1 Å². The molecule has 0 aromatic heterocycles. The SMILES string of the molecule is OCCCC(O)c1cccc(F)c1. The highest BCUT2D eigenvalue weighted by atomic mass is 19.1. The largest absolute Gasteiger partial charge is 0.396 e. The monoisotopic (exact) mass is 184 g/mol. The second-order valence-corrected chi connectivity index (χ2v) is 2.94. The van der Waals surface area contributed by atoms with Crippen molar-refractivity contribution >= 4 is 0 Å². The molecule has 0 bridgehead atoms. The lowest BCUT2D eigenvalue weighted by atomic mass is 10.1. The van der Waals surface area contributed by atoms with Gasteiger partial charge in [-0.05, 0) is 30.5 Å². The van der Waals surface area contributed by atoms with E-state index in [9.17, 15) is 9.50 Å². The third-order valence-corrected chi connectivity index (χ3v) is 1.87. The molecule has 0 spiro atoms. The highest BCUT2D eigenvalue weighted by molar-refractivity contribution is 5.18. The normalized spacial score (nSPS) is 12.8. The van der Waals surface area contributed by atoms with Gasteiger partial charge in [0.1, 0.15) is 5.82 Å². The maximum atomic E-state index is 12.7. The van der Waals surface area contributed by atoms with E-state index in [-0.39, 0.29) is 12.4 Å². The number of aliphatic hydroxyl groups excluding tert-OH is 2. The van der Waals surface area contributed by atoms with Crippen LogP contribution < -0.4 is 0 Å². The molecule has 0 saturated heterocycles. The van der Waals surface area contributed by atoms with Crippen LogP contribution in [-0.4, -0.2) is 16.8 Å². The van der Waals surface area contributed by atoms with Crippen molar-refractivity contribution in [2.45, 2.75) is 18.9 Å². The molecule has 72 valence electrons. The standard InChI is InChI=1S/C10H13FO2/c11-9-4-1-3-8(7-9)10(13)5-2-6-12/h1,3-4,7,10,12-13H,2,5-6H2. The predicted octanol–water partition coefficient (Wildman–Crippen LogP) is 1.63. The summed E-state index contributed by atoms with van der Waals surface area (Å²) in [5, 5.41) is 18.0. The average Bonchev–Trinajstić information content (AvgIpc) is 2.14. The minimum absolute atomic E-state index is 0.0480. The fraction of sp³-hybridized carbons (Fsp3) is 0.400. The van der Waals surface area contributed by atoms with Crippen molar-refractivity contribution in [3.05, 3.63) is 35.6 Å². The molecule has 1 unspecified atom stereocenters. The van der Waals surface area contributed by atoms with Gasteiger partial charge in [0.05, 0.1) is 6.10 Å². The lowest BCUT2D eigenvalue weighted by Gasteiger charge is -2.09. The van der Waals surface area contributed by atoms with Crippen molar-refractivity contribution in [1.82, 2.24) is 0 Å². The fourth-order valence-corrected chi connectivity index (χ4v) is 1.17. The Morgan fingerprint density at radius 2 is 2.15 bits per heavy atom. The Balaban J connectivity index is 2.60. The predicted molar refractivity (Wildman–Crippen MR) is 47.7 cm³/mol. The molecule has 0 fully saturated rings. The molecule has 2 nitrogen and oxygen atoms in total. The molecule has 0 aliphatic carbocycles. The Morgan fingerprint density at radius 3 is 2.77 bits per heavy atom. The van der Waals surface area contributed by atoms with Crippen LogP contribution >= 0.6 is 0 Å². The van der Waals surface area contributed by atoms with Crippen molar-refractivity contribution in [2.75, 3.05) is 6.61 Å². The Hall–Kier alpha value is -0.930. The third kappa shape index (κ3) is 3.13. The van der Waals surface area contributed by atoms with E-state index < -0.39 is 6.10 Å². The van der Waals surface area contributed by atoms with Gasteiger partial charge in [0.15, 0.2) is 0 Å². The molecule has 13 heavy (non-hydrogen) atoms. The van der Waals surface area contributed by atoms with Gasteiger partial charge in [0.2, 0.25) is 0 Å². The number of halogens is 1. The molecule has 2 N–H and O–H groups in total. The van der Waals surface area contributed by atoms with Crippen LogP contribution in [0.4, 0.5) is 4.39 Å². The Kier molecular flexibility index (Phi) is 3.86. The summed E-state index contributed by atoms with van der Waals surface area (Å²) in [5.41, 5.74) is 0.563. The van der Waals surface area contributed by atoms with E-state index >= 15 is 0 Å². The van der Waals surface area contributed by atoms with E-state index in [2.05, 4.69) is 0 Å². The van der Waals surface area contributed by atoms with Crippen LogP contribution in [-0.2, 0) is 0 Å². The number of rotatable bonds is 4. The van der Waals surface area contributed by atoms with Crippen molar-refractivity contribution in [2.24, 2.45) is 0 Å². The zero-order valence-electron chi connectivity index (χ0n) is 7.28. The first-order valence-electron chi connectivity index (χ1n) is 4.28. The van der Waals surface area contributed by atoms with E-state index in [4.69, 9.17) is 5.11 Å².